The van der Waals surface area contributed by atoms with Gasteiger partial charge in [-0.25, -0.2) is 4.39 Å². The van der Waals surface area contributed by atoms with Crippen LogP contribution >= 0.6 is 12.4 Å². The van der Waals surface area contributed by atoms with E-state index in [-0.39, 0.29) is 24.8 Å². The van der Waals surface area contributed by atoms with E-state index in [1.165, 1.54) is 0 Å². The van der Waals surface area contributed by atoms with Gasteiger partial charge in [0.2, 0.25) is 0 Å². The molecule has 0 spiro atoms. The summed E-state index contributed by atoms with van der Waals surface area (Å²) in [5.74, 6) is -0.347. The summed E-state index contributed by atoms with van der Waals surface area (Å²) in [6.45, 7) is 0.126. The molecular formula is C8H9ClFN3. The van der Waals surface area contributed by atoms with Crippen LogP contribution in [-0.2, 0) is 6.54 Å². The van der Waals surface area contributed by atoms with Crippen molar-refractivity contribution in [3.05, 3.63) is 30.0 Å². The number of H-pyrrole nitrogens is 1. The Hall–Kier alpha value is -1.13. The number of nitrogens with zero attached hydrogens (tertiary/aromatic N) is 1. The smallest absolute Gasteiger partial charge is 0.170 e. The molecule has 2 heterocycles. The molecule has 13 heavy (non-hydrogen) atoms. The third-order valence-electron chi connectivity index (χ3n) is 1.80. The van der Waals surface area contributed by atoms with E-state index >= 15 is 0 Å². The van der Waals surface area contributed by atoms with Gasteiger partial charge >= 0.3 is 0 Å². The molecule has 0 atom stereocenters. The fraction of sp³-hybridized carbons (Fsp3) is 0.125. The van der Waals surface area contributed by atoms with Crippen LogP contribution in [-0.4, -0.2) is 9.97 Å². The van der Waals surface area contributed by atoms with Gasteiger partial charge in [-0.1, -0.05) is 0 Å². The van der Waals surface area contributed by atoms with Crippen LogP contribution in [0.2, 0.25) is 0 Å². The molecular weight excluding hydrogens is 193 g/mol. The third-order valence-corrected chi connectivity index (χ3v) is 1.80. The molecule has 70 valence electrons. The summed E-state index contributed by atoms with van der Waals surface area (Å²) in [7, 11) is 0. The van der Waals surface area contributed by atoms with E-state index in [2.05, 4.69) is 9.97 Å². The summed E-state index contributed by atoms with van der Waals surface area (Å²) in [6.07, 6.45) is 3.28. The van der Waals surface area contributed by atoms with Crippen molar-refractivity contribution >= 4 is 23.3 Å². The standard InChI is InChI=1S/C8H8FN3.ClH/c9-7-6(3-10)12-4-5-1-2-11-8(5)7;/h1-2,4,11H,3,10H2;1H. The first kappa shape index (κ1) is 9.95. The predicted octanol–water partition coefficient (Wildman–Crippen LogP) is 1.58. The van der Waals surface area contributed by atoms with Gasteiger partial charge in [0.15, 0.2) is 5.82 Å². The molecule has 0 radical (unpaired) electrons. The molecule has 0 aliphatic heterocycles. The molecule has 0 aliphatic carbocycles. The van der Waals surface area contributed by atoms with Crippen molar-refractivity contribution < 1.29 is 4.39 Å². The van der Waals surface area contributed by atoms with Crippen LogP contribution in [0, 0.1) is 5.82 Å². The van der Waals surface area contributed by atoms with E-state index in [1.54, 1.807) is 18.5 Å². The number of hydrogen-bond acceptors (Lipinski definition) is 2. The maximum Gasteiger partial charge on any atom is 0.170 e. The van der Waals surface area contributed by atoms with E-state index in [0.29, 0.717) is 11.2 Å². The van der Waals surface area contributed by atoms with Crippen LogP contribution in [0.1, 0.15) is 5.69 Å². The lowest BCUT2D eigenvalue weighted by Gasteiger charge is -1.98. The maximum atomic E-state index is 13.3. The van der Waals surface area contributed by atoms with Crippen LogP contribution in [0.5, 0.6) is 0 Å². The summed E-state index contributed by atoms with van der Waals surface area (Å²) in [6, 6.07) is 1.77. The predicted molar refractivity (Wildman–Crippen MR) is 51.2 cm³/mol. The van der Waals surface area contributed by atoms with Gasteiger partial charge in [-0.3, -0.25) is 4.98 Å². The van der Waals surface area contributed by atoms with Crippen molar-refractivity contribution in [1.82, 2.24) is 9.97 Å². The normalized spacial score (nSPS) is 10.0. The number of rotatable bonds is 1. The Morgan fingerprint density at radius 3 is 3.00 bits per heavy atom. The Kier molecular flexibility index (Phi) is 2.85. The highest BCUT2D eigenvalue weighted by atomic mass is 35.5. The molecule has 0 saturated heterocycles. The minimum atomic E-state index is -0.347. The molecule has 3 nitrogen and oxygen atoms in total. The molecule has 5 heteroatoms. The first-order valence-electron chi connectivity index (χ1n) is 3.63. The second-order valence-electron chi connectivity index (χ2n) is 2.53. The summed E-state index contributed by atoms with van der Waals surface area (Å²) >= 11 is 0. The minimum absolute atomic E-state index is 0. The van der Waals surface area contributed by atoms with Gasteiger partial charge < -0.3 is 10.7 Å². The van der Waals surface area contributed by atoms with E-state index in [9.17, 15) is 4.39 Å². The Morgan fingerprint density at radius 2 is 2.31 bits per heavy atom. The van der Waals surface area contributed by atoms with Crippen molar-refractivity contribution in [2.75, 3.05) is 0 Å². The van der Waals surface area contributed by atoms with E-state index < -0.39 is 0 Å². The molecule has 0 aliphatic rings. The average Bonchev–Trinajstić information content (AvgIpc) is 2.53. The van der Waals surface area contributed by atoms with Gasteiger partial charge in [-0.05, 0) is 6.07 Å². The first-order chi connectivity index (χ1) is 5.83. The zero-order chi connectivity index (χ0) is 8.55. The molecule has 3 N–H and O–H groups in total. The lowest BCUT2D eigenvalue weighted by atomic mass is 10.2. The summed E-state index contributed by atoms with van der Waals surface area (Å²) in [5, 5.41) is 0.768. The third kappa shape index (κ3) is 1.50. The van der Waals surface area contributed by atoms with Crippen molar-refractivity contribution in [2.24, 2.45) is 5.73 Å². The van der Waals surface area contributed by atoms with Crippen LogP contribution in [0.4, 0.5) is 4.39 Å². The van der Waals surface area contributed by atoms with E-state index in [4.69, 9.17) is 5.73 Å². The fourth-order valence-corrected chi connectivity index (χ4v) is 1.17. The van der Waals surface area contributed by atoms with Gasteiger partial charge in [0.25, 0.3) is 0 Å². The molecule has 0 aromatic carbocycles. The number of pyridine rings is 1. The molecule has 0 amide bonds. The minimum Gasteiger partial charge on any atom is -0.359 e. The van der Waals surface area contributed by atoms with Gasteiger partial charge in [-0.2, -0.15) is 0 Å². The van der Waals surface area contributed by atoms with E-state index in [1.807, 2.05) is 0 Å². The highest BCUT2D eigenvalue weighted by Crippen LogP contribution is 2.16. The van der Waals surface area contributed by atoms with Gasteiger partial charge in [0.1, 0.15) is 0 Å². The molecule has 0 unspecified atom stereocenters. The SMILES string of the molecule is Cl.NCc1ncc2cc[nH]c2c1F. The quantitative estimate of drug-likeness (QED) is 0.736. The molecule has 0 saturated carbocycles. The second kappa shape index (κ2) is 3.72. The Bertz CT molecular complexity index is 413. The highest BCUT2D eigenvalue weighted by molar-refractivity contribution is 5.85. The molecule has 0 bridgehead atoms. The Labute approximate surface area is 80.6 Å². The lowest BCUT2D eigenvalue weighted by Crippen LogP contribution is -2.02. The van der Waals surface area contributed by atoms with Gasteiger partial charge in [-0.15, -0.1) is 12.4 Å². The highest BCUT2D eigenvalue weighted by Gasteiger charge is 2.07. The summed E-state index contributed by atoms with van der Waals surface area (Å²) in [4.78, 5) is 6.67. The second-order valence-corrected chi connectivity index (χ2v) is 2.53. The zero-order valence-electron chi connectivity index (χ0n) is 6.75. The maximum absolute atomic E-state index is 13.3. The molecule has 2 aromatic heterocycles. The summed E-state index contributed by atoms with van der Waals surface area (Å²) in [5.41, 5.74) is 6.07. The Morgan fingerprint density at radius 1 is 1.54 bits per heavy atom. The van der Waals surface area contributed by atoms with Crippen LogP contribution in [0.25, 0.3) is 10.9 Å². The Balaban J connectivity index is 0.000000845. The molecule has 0 fully saturated rings. The largest absolute Gasteiger partial charge is 0.359 e. The number of nitrogens with one attached hydrogen (secondary N) is 1. The van der Waals surface area contributed by atoms with Crippen LogP contribution in [0.15, 0.2) is 18.5 Å². The average molecular weight is 202 g/mol. The lowest BCUT2D eigenvalue weighted by molar-refractivity contribution is 0.610. The molecule has 2 rings (SSSR count). The number of aromatic nitrogens is 2. The van der Waals surface area contributed by atoms with E-state index in [0.717, 1.165) is 5.39 Å². The van der Waals surface area contributed by atoms with Gasteiger partial charge in [0.05, 0.1) is 11.2 Å². The van der Waals surface area contributed by atoms with Crippen molar-refractivity contribution in [2.45, 2.75) is 6.54 Å². The van der Waals surface area contributed by atoms with Gasteiger partial charge in [0, 0.05) is 24.3 Å². The van der Waals surface area contributed by atoms with Crippen LogP contribution in [0.3, 0.4) is 0 Å². The number of aromatic amines is 1. The first-order valence-corrected chi connectivity index (χ1v) is 3.63. The molecule has 2 aromatic rings. The number of hydrogen-bond donors (Lipinski definition) is 2. The van der Waals surface area contributed by atoms with Crippen molar-refractivity contribution in [3.63, 3.8) is 0 Å². The van der Waals surface area contributed by atoms with Crippen molar-refractivity contribution in [1.29, 1.82) is 0 Å². The monoisotopic (exact) mass is 201 g/mol. The summed E-state index contributed by atoms with van der Waals surface area (Å²) < 4.78 is 13.3. The zero-order valence-corrected chi connectivity index (χ0v) is 7.57. The van der Waals surface area contributed by atoms with Crippen molar-refractivity contribution in [3.8, 4) is 0 Å². The number of nitrogens with two attached hydrogens (primary N) is 1. The fourth-order valence-electron chi connectivity index (χ4n) is 1.17. The number of halogens is 2. The topological polar surface area (TPSA) is 54.7 Å². The number of fused-ring (bicyclic) bond motifs is 1. The van der Waals surface area contributed by atoms with Crippen LogP contribution < -0.4 is 5.73 Å².